The predicted molar refractivity (Wildman–Crippen MR) is 119 cm³/mol. The van der Waals surface area contributed by atoms with Crippen molar-refractivity contribution in [1.82, 2.24) is 15.1 Å². The zero-order chi connectivity index (χ0) is 21.5. The summed E-state index contributed by atoms with van der Waals surface area (Å²) in [6.45, 7) is 8.79. The quantitative estimate of drug-likeness (QED) is 0.759. The summed E-state index contributed by atoms with van der Waals surface area (Å²) in [5.74, 6) is 1.69. The predicted octanol–water partition coefficient (Wildman–Crippen LogP) is 3.39. The molecule has 1 saturated heterocycles. The van der Waals surface area contributed by atoms with E-state index in [0.29, 0.717) is 6.54 Å². The standard InChI is InChI=1S/C24H33N3O3/c1-18-5-6-20(19(2)15-18)9-10-25-24(28)27-13-11-26(12-14-27)17-21-16-22(29-3)7-8-23(21)30-4/h5-8,15-16H,9-14,17H2,1-4H3,(H,25,28). The highest BCUT2D eigenvalue weighted by atomic mass is 16.5. The maximum atomic E-state index is 12.5. The van der Waals surface area contributed by atoms with E-state index in [1.165, 1.54) is 16.7 Å². The molecule has 6 nitrogen and oxygen atoms in total. The molecule has 2 amide bonds. The summed E-state index contributed by atoms with van der Waals surface area (Å²) in [6, 6.07) is 12.4. The highest BCUT2D eigenvalue weighted by molar-refractivity contribution is 5.74. The van der Waals surface area contributed by atoms with Crippen molar-refractivity contribution in [1.29, 1.82) is 0 Å². The Labute approximate surface area is 179 Å². The van der Waals surface area contributed by atoms with Crippen LogP contribution in [0.5, 0.6) is 11.5 Å². The first-order chi connectivity index (χ1) is 14.5. The van der Waals surface area contributed by atoms with E-state index in [-0.39, 0.29) is 6.03 Å². The van der Waals surface area contributed by atoms with Crippen molar-refractivity contribution < 1.29 is 14.3 Å². The largest absolute Gasteiger partial charge is 0.497 e. The number of nitrogens with one attached hydrogen (secondary N) is 1. The summed E-state index contributed by atoms with van der Waals surface area (Å²) < 4.78 is 10.8. The molecule has 0 radical (unpaired) electrons. The monoisotopic (exact) mass is 411 g/mol. The van der Waals surface area contributed by atoms with Crippen LogP contribution in [-0.4, -0.2) is 62.8 Å². The maximum Gasteiger partial charge on any atom is 0.317 e. The van der Waals surface area contributed by atoms with Gasteiger partial charge in [0, 0.05) is 44.8 Å². The van der Waals surface area contributed by atoms with E-state index in [0.717, 1.165) is 56.2 Å². The molecular weight excluding hydrogens is 378 g/mol. The molecule has 0 aromatic heterocycles. The molecule has 2 aromatic carbocycles. The number of nitrogens with zero attached hydrogens (tertiary/aromatic N) is 2. The number of amides is 2. The van der Waals surface area contributed by atoms with Crippen LogP contribution in [0.15, 0.2) is 36.4 Å². The fourth-order valence-electron chi connectivity index (χ4n) is 3.90. The van der Waals surface area contributed by atoms with E-state index in [2.05, 4.69) is 42.3 Å². The van der Waals surface area contributed by atoms with Gasteiger partial charge in [-0.1, -0.05) is 23.8 Å². The fraction of sp³-hybridized carbons (Fsp3) is 0.458. The van der Waals surface area contributed by atoms with Gasteiger partial charge >= 0.3 is 6.03 Å². The summed E-state index contributed by atoms with van der Waals surface area (Å²) in [7, 11) is 3.36. The third kappa shape index (κ3) is 5.66. The Kier molecular flexibility index (Phi) is 7.57. The first kappa shape index (κ1) is 22.0. The maximum absolute atomic E-state index is 12.5. The lowest BCUT2D eigenvalue weighted by Crippen LogP contribution is -2.51. The molecular formula is C24H33N3O3. The Bertz CT molecular complexity index is 861. The van der Waals surface area contributed by atoms with Gasteiger partial charge in [-0.2, -0.15) is 0 Å². The summed E-state index contributed by atoms with van der Waals surface area (Å²) in [5.41, 5.74) is 4.94. The number of hydrogen-bond acceptors (Lipinski definition) is 4. The van der Waals surface area contributed by atoms with Gasteiger partial charge in [0.05, 0.1) is 14.2 Å². The molecule has 2 aromatic rings. The first-order valence-electron chi connectivity index (χ1n) is 10.5. The molecule has 0 atom stereocenters. The van der Waals surface area contributed by atoms with Gasteiger partial charge in [-0.3, -0.25) is 4.90 Å². The SMILES string of the molecule is COc1ccc(OC)c(CN2CCN(C(=O)NCCc3ccc(C)cc3C)CC2)c1. The van der Waals surface area contributed by atoms with Crippen molar-refractivity contribution >= 4 is 6.03 Å². The molecule has 1 heterocycles. The molecule has 0 bridgehead atoms. The molecule has 1 aliphatic rings. The smallest absolute Gasteiger partial charge is 0.317 e. The van der Waals surface area contributed by atoms with Gasteiger partial charge in [0.2, 0.25) is 0 Å². The third-order valence-corrected chi connectivity index (χ3v) is 5.71. The van der Waals surface area contributed by atoms with E-state index in [1.54, 1.807) is 14.2 Å². The van der Waals surface area contributed by atoms with Gasteiger partial charge in [-0.15, -0.1) is 0 Å². The van der Waals surface area contributed by atoms with Gasteiger partial charge in [0.15, 0.2) is 0 Å². The van der Waals surface area contributed by atoms with E-state index < -0.39 is 0 Å². The van der Waals surface area contributed by atoms with E-state index in [9.17, 15) is 4.79 Å². The Hall–Kier alpha value is -2.73. The zero-order valence-corrected chi connectivity index (χ0v) is 18.5. The Morgan fingerprint density at radius 1 is 0.967 bits per heavy atom. The number of carbonyl (C=O) groups is 1. The molecule has 30 heavy (non-hydrogen) atoms. The van der Waals surface area contributed by atoms with Crippen LogP contribution in [0.2, 0.25) is 0 Å². The van der Waals surface area contributed by atoms with Crippen molar-refractivity contribution in [3.05, 3.63) is 58.7 Å². The fourth-order valence-corrected chi connectivity index (χ4v) is 3.90. The lowest BCUT2D eigenvalue weighted by Gasteiger charge is -2.35. The molecule has 0 aliphatic carbocycles. The topological polar surface area (TPSA) is 54.0 Å². The number of rotatable bonds is 7. The normalized spacial score (nSPS) is 14.5. The van der Waals surface area contributed by atoms with Crippen LogP contribution in [0.25, 0.3) is 0 Å². The summed E-state index contributed by atoms with van der Waals surface area (Å²) >= 11 is 0. The van der Waals surface area contributed by atoms with E-state index in [4.69, 9.17) is 9.47 Å². The number of carbonyl (C=O) groups excluding carboxylic acids is 1. The average Bonchev–Trinajstić information content (AvgIpc) is 2.75. The molecule has 1 aliphatic heterocycles. The Balaban J connectivity index is 1.45. The average molecular weight is 412 g/mol. The van der Waals surface area contributed by atoms with Crippen molar-refractivity contribution in [3.8, 4) is 11.5 Å². The molecule has 0 unspecified atom stereocenters. The summed E-state index contributed by atoms with van der Waals surface area (Å²) in [6.07, 6.45) is 0.855. The minimum atomic E-state index is 0.0263. The molecule has 0 spiro atoms. The minimum absolute atomic E-state index is 0.0263. The molecule has 1 N–H and O–H groups in total. The molecule has 1 fully saturated rings. The van der Waals surface area contributed by atoms with Crippen LogP contribution in [0, 0.1) is 13.8 Å². The second kappa shape index (κ2) is 10.3. The molecule has 0 saturated carbocycles. The number of piperazine rings is 1. The first-order valence-corrected chi connectivity index (χ1v) is 10.5. The van der Waals surface area contributed by atoms with Crippen molar-refractivity contribution in [2.75, 3.05) is 46.9 Å². The lowest BCUT2D eigenvalue weighted by molar-refractivity contribution is 0.134. The van der Waals surface area contributed by atoms with E-state index >= 15 is 0 Å². The number of benzene rings is 2. The summed E-state index contributed by atoms with van der Waals surface area (Å²) in [4.78, 5) is 16.8. The van der Waals surface area contributed by atoms with Crippen LogP contribution >= 0.6 is 0 Å². The molecule has 162 valence electrons. The number of urea groups is 1. The van der Waals surface area contributed by atoms with Gasteiger partial charge in [0.1, 0.15) is 11.5 Å². The van der Waals surface area contributed by atoms with Gasteiger partial charge in [0.25, 0.3) is 0 Å². The van der Waals surface area contributed by atoms with Gasteiger partial charge in [-0.05, 0) is 49.6 Å². The van der Waals surface area contributed by atoms with Crippen molar-refractivity contribution in [3.63, 3.8) is 0 Å². The number of ether oxygens (including phenoxy) is 2. The number of aryl methyl sites for hydroxylation is 2. The zero-order valence-electron chi connectivity index (χ0n) is 18.5. The van der Waals surface area contributed by atoms with Crippen molar-refractivity contribution in [2.45, 2.75) is 26.8 Å². The van der Waals surface area contributed by atoms with Crippen LogP contribution < -0.4 is 14.8 Å². The summed E-state index contributed by atoms with van der Waals surface area (Å²) in [5, 5.41) is 3.07. The van der Waals surface area contributed by atoms with Crippen molar-refractivity contribution in [2.24, 2.45) is 0 Å². The minimum Gasteiger partial charge on any atom is -0.497 e. The highest BCUT2D eigenvalue weighted by Crippen LogP contribution is 2.25. The molecule has 6 heteroatoms. The van der Waals surface area contributed by atoms with Crippen LogP contribution in [0.3, 0.4) is 0 Å². The van der Waals surface area contributed by atoms with Crippen LogP contribution in [-0.2, 0) is 13.0 Å². The second-order valence-corrected chi connectivity index (χ2v) is 7.85. The van der Waals surface area contributed by atoms with E-state index in [1.807, 2.05) is 23.1 Å². The molecule has 3 rings (SSSR count). The van der Waals surface area contributed by atoms with Crippen LogP contribution in [0.1, 0.15) is 22.3 Å². The van der Waals surface area contributed by atoms with Crippen LogP contribution in [0.4, 0.5) is 4.79 Å². The Morgan fingerprint density at radius 2 is 1.73 bits per heavy atom. The third-order valence-electron chi connectivity index (χ3n) is 5.71. The number of hydrogen-bond donors (Lipinski definition) is 1. The lowest BCUT2D eigenvalue weighted by atomic mass is 10.0. The number of methoxy groups -OCH3 is 2. The Morgan fingerprint density at radius 3 is 2.40 bits per heavy atom. The van der Waals surface area contributed by atoms with Gasteiger partial charge < -0.3 is 19.7 Å². The highest BCUT2D eigenvalue weighted by Gasteiger charge is 2.22. The second-order valence-electron chi connectivity index (χ2n) is 7.85. The van der Waals surface area contributed by atoms with Gasteiger partial charge in [-0.25, -0.2) is 4.79 Å².